The Bertz CT molecular complexity index is 1300. The highest BCUT2D eigenvalue weighted by Gasteiger charge is 2.21. The normalized spacial score (nSPS) is 10.7. The van der Waals surface area contributed by atoms with Crippen LogP contribution in [0, 0.1) is 27.2 Å². The maximum absolute atomic E-state index is 12.5. The lowest BCUT2D eigenvalue weighted by Gasteiger charge is -2.09. The quantitative estimate of drug-likeness (QED) is 0.206. The fraction of sp³-hybridized carbons (Fsp3) is 0.0500. The molecule has 0 aliphatic rings. The number of nitro benzene ring substituents is 2. The molecule has 0 spiro atoms. The number of hydrogen-bond acceptors (Lipinski definition) is 8. The third-order valence-electron chi connectivity index (χ3n) is 4.45. The van der Waals surface area contributed by atoms with Crippen LogP contribution in [0.15, 0.2) is 60.7 Å². The molecule has 4 rings (SSSR count). The molecule has 0 bridgehead atoms. The van der Waals surface area contributed by atoms with E-state index in [1.54, 1.807) is 6.07 Å². The predicted molar refractivity (Wildman–Crippen MR) is 108 cm³/mol. The summed E-state index contributed by atoms with van der Waals surface area (Å²) < 4.78 is 5.31. The zero-order valence-corrected chi connectivity index (χ0v) is 16.0. The Kier molecular flexibility index (Phi) is 4.83. The van der Waals surface area contributed by atoms with Crippen LogP contribution in [0.25, 0.3) is 16.7 Å². The number of benzene rings is 3. The van der Waals surface area contributed by atoms with Gasteiger partial charge in [-0.3, -0.25) is 20.2 Å². The fourth-order valence-electron chi connectivity index (χ4n) is 2.93. The molecule has 4 aromatic rings. The molecule has 0 fully saturated rings. The number of nitro groups is 2. The van der Waals surface area contributed by atoms with Gasteiger partial charge in [0.2, 0.25) is 0 Å². The molecule has 1 aromatic heterocycles. The predicted octanol–water partition coefficient (Wildman–Crippen LogP) is 3.76. The van der Waals surface area contributed by atoms with Crippen LogP contribution < -0.4 is 4.74 Å². The first kappa shape index (κ1) is 19.6. The topological polar surface area (TPSA) is 143 Å². The SMILES string of the molecule is Cc1ccc(OC(=O)c2cc([N+](=O)[O-])cc([N+](=O)[O-])c2)cc1-n1nc2ccccc2n1. The molecule has 3 aromatic carbocycles. The van der Waals surface area contributed by atoms with Crippen molar-refractivity contribution in [2.45, 2.75) is 6.92 Å². The van der Waals surface area contributed by atoms with Crippen molar-refractivity contribution in [3.05, 3.63) is 92.0 Å². The number of aromatic nitrogens is 3. The standard InChI is InChI=1S/C20H13N5O6/c1-12-6-7-16(11-19(12)23-21-17-4-2-3-5-18(17)22-23)31-20(26)13-8-14(24(27)28)10-15(9-13)25(29)30/h2-11H,1H3. The molecular formula is C20H13N5O6. The molecule has 0 saturated heterocycles. The highest BCUT2D eigenvalue weighted by Crippen LogP contribution is 2.26. The third-order valence-corrected chi connectivity index (χ3v) is 4.45. The van der Waals surface area contributed by atoms with Crippen LogP contribution in [-0.4, -0.2) is 30.8 Å². The van der Waals surface area contributed by atoms with E-state index in [0.29, 0.717) is 16.7 Å². The van der Waals surface area contributed by atoms with Gasteiger partial charge in [0, 0.05) is 18.2 Å². The second kappa shape index (κ2) is 7.63. The van der Waals surface area contributed by atoms with E-state index in [-0.39, 0.29) is 11.3 Å². The summed E-state index contributed by atoms with van der Waals surface area (Å²) in [5.74, 6) is -0.846. The number of carbonyl (C=O) groups excluding carboxylic acids is 1. The number of ether oxygens (including phenoxy) is 1. The molecule has 11 nitrogen and oxygen atoms in total. The number of carbonyl (C=O) groups is 1. The van der Waals surface area contributed by atoms with E-state index in [1.165, 1.54) is 16.9 Å². The Morgan fingerprint density at radius 2 is 1.48 bits per heavy atom. The summed E-state index contributed by atoms with van der Waals surface area (Å²) in [5, 5.41) is 30.9. The van der Waals surface area contributed by atoms with Crippen molar-refractivity contribution in [3.8, 4) is 11.4 Å². The Morgan fingerprint density at radius 3 is 2.03 bits per heavy atom. The van der Waals surface area contributed by atoms with E-state index in [9.17, 15) is 25.0 Å². The minimum atomic E-state index is -0.972. The van der Waals surface area contributed by atoms with Gasteiger partial charge < -0.3 is 4.74 Å². The number of fused-ring (bicyclic) bond motifs is 1. The lowest BCUT2D eigenvalue weighted by atomic mass is 10.1. The van der Waals surface area contributed by atoms with Gasteiger partial charge in [-0.05, 0) is 30.7 Å². The van der Waals surface area contributed by atoms with Crippen LogP contribution in [0.1, 0.15) is 15.9 Å². The molecule has 0 atom stereocenters. The van der Waals surface area contributed by atoms with Gasteiger partial charge in [-0.1, -0.05) is 18.2 Å². The lowest BCUT2D eigenvalue weighted by molar-refractivity contribution is -0.394. The monoisotopic (exact) mass is 419 g/mol. The highest BCUT2D eigenvalue weighted by atomic mass is 16.6. The van der Waals surface area contributed by atoms with Gasteiger partial charge in [-0.2, -0.15) is 4.80 Å². The largest absolute Gasteiger partial charge is 0.423 e. The Hall–Kier alpha value is -4.67. The zero-order chi connectivity index (χ0) is 22.1. The minimum Gasteiger partial charge on any atom is -0.423 e. The summed E-state index contributed by atoms with van der Waals surface area (Å²) in [4.78, 5) is 34.4. The first-order valence-electron chi connectivity index (χ1n) is 8.91. The summed E-state index contributed by atoms with van der Waals surface area (Å²) in [5.41, 5.74) is 1.27. The van der Waals surface area contributed by atoms with Crippen molar-refractivity contribution >= 4 is 28.4 Å². The van der Waals surface area contributed by atoms with Gasteiger partial charge in [-0.25, -0.2) is 4.79 Å². The second-order valence-corrected chi connectivity index (χ2v) is 6.57. The van der Waals surface area contributed by atoms with Crippen LogP contribution >= 0.6 is 0 Å². The summed E-state index contributed by atoms with van der Waals surface area (Å²) in [6, 6.07) is 14.7. The molecule has 0 saturated carbocycles. The summed E-state index contributed by atoms with van der Waals surface area (Å²) >= 11 is 0. The van der Waals surface area contributed by atoms with Crippen molar-refractivity contribution in [2.75, 3.05) is 0 Å². The van der Waals surface area contributed by atoms with Gasteiger partial charge in [0.1, 0.15) is 16.8 Å². The molecule has 0 amide bonds. The smallest absolute Gasteiger partial charge is 0.344 e. The molecule has 0 aliphatic carbocycles. The van der Waals surface area contributed by atoms with Crippen molar-refractivity contribution in [2.24, 2.45) is 0 Å². The van der Waals surface area contributed by atoms with E-state index in [1.807, 2.05) is 31.2 Å². The first-order chi connectivity index (χ1) is 14.8. The summed E-state index contributed by atoms with van der Waals surface area (Å²) in [6.45, 7) is 1.83. The van der Waals surface area contributed by atoms with Gasteiger partial charge in [0.25, 0.3) is 11.4 Å². The molecular weight excluding hydrogens is 406 g/mol. The number of aryl methyl sites for hydroxylation is 1. The Balaban J connectivity index is 1.67. The lowest BCUT2D eigenvalue weighted by Crippen LogP contribution is -2.10. The molecule has 0 unspecified atom stereocenters. The second-order valence-electron chi connectivity index (χ2n) is 6.57. The number of esters is 1. The molecule has 11 heteroatoms. The average Bonchev–Trinajstić information content (AvgIpc) is 3.18. The Morgan fingerprint density at radius 1 is 0.903 bits per heavy atom. The van der Waals surface area contributed by atoms with Crippen molar-refractivity contribution < 1.29 is 19.4 Å². The first-order valence-corrected chi connectivity index (χ1v) is 8.91. The van der Waals surface area contributed by atoms with Crippen molar-refractivity contribution in [1.82, 2.24) is 15.0 Å². The van der Waals surface area contributed by atoms with Crippen LogP contribution in [0.4, 0.5) is 11.4 Å². The van der Waals surface area contributed by atoms with Crippen LogP contribution in [0.5, 0.6) is 5.75 Å². The maximum atomic E-state index is 12.5. The van der Waals surface area contributed by atoms with Crippen molar-refractivity contribution in [3.63, 3.8) is 0 Å². The van der Waals surface area contributed by atoms with E-state index in [4.69, 9.17) is 4.74 Å². The van der Waals surface area contributed by atoms with Gasteiger partial charge in [0.15, 0.2) is 0 Å². The van der Waals surface area contributed by atoms with E-state index < -0.39 is 27.2 Å². The number of non-ortho nitro benzene ring substituents is 2. The fourth-order valence-corrected chi connectivity index (χ4v) is 2.93. The average molecular weight is 419 g/mol. The summed E-state index contributed by atoms with van der Waals surface area (Å²) in [6.07, 6.45) is 0. The van der Waals surface area contributed by atoms with Gasteiger partial charge in [0.05, 0.1) is 27.2 Å². The van der Waals surface area contributed by atoms with E-state index in [0.717, 1.165) is 23.8 Å². The maximum Gasteiger partial charge on any atom is 0.344 e. The van der Waals surface area contributed by atoms with Crippen LogP contribution in [0.2, 0.25) is 0 Å². The van der Waals surface area contributed by atoms with Gasteiger partial charge in [-0.15, -0.1) is 10.2 Å². The number of rotatable bonds is 5. The van der Waals surface area contributed by atoms with Crippen molar-refractivity contribution in [1.29, 1.82) is 0 Å². The molecule has 0 aliphatic heterocycles. The molecule has 31 heavy (non-hydrogen) atoms. The van der Waals surface area contributed by atoms with Gasteiger partial charge >= 0.3 is 5.97 Å². The van der Waals surface area contributed by atoms with E-state index >= 15 is 0 Å². The van der Waals surface area contributed by atoms with Crippen LogP contribution in [-0.2, 0) is 0 Å². The third kappa shape index (κ3) is 3.92. The van der Waals surface area contributed by atoms with Crippen LogP contribution in [0.3, 0.4) is 0 Å². The summed E-state index contributed by atoms with van der Waals surface area (Å²) in [7, 11) is 0. The van der Waals surface area contributed by atoms with E-state index in [2.05, 4.69) is 10.2 Å². The zero-order valence-electron chi connectivity index (χ0n) is 16.0. The minimum absolute atomic E-state index is 0.126. The number of nitrogens with zero attached hydrogens (tertiary/aromatic N) is 5. The Labute approximate surface area is 173 Å². The molecule has 154 valence electrons. The number of hydrogen-bond donors (Lipinski definition) is 0. The molecule has 0 radical (unpaired) electrons. The molecule has 1 heterocycles. The molecule has 0 N–H and O–H groups in total. The highest BCUT2D eigenvalue weighted by molar-refractivity contribution is 5.92.